The van der Waals surface area contributed by atoms with Gasteiger partial charge in [0.2, 0.25) is 0 Å². The van der Waals surface area contributed by atoms with Gasteiger partial charge in [-0.25, -0.2) is 4.98 Å². The second kappa shape index (κ2) is 5.25. The summed E-state index contributed by atoms with van der Waals surface area (Å²) in [5, 5.41) is 4.54. The Morgan fingerprint density at radius 1 is 1.56 bits per heavy atom. The van der Waals surface area contributed by atoms with E-state index in [1.807, 2.05) is 18.4 Å². The van der Waals surface area contributed by atoms with Gasteiger partial charge in [-0.15, -0.1) is 11.3 Å². The third-order valence-electron chi connectivity index (χ3n) is 3.18. The van der Waals surface area contributed by atoms with Gasteiger partial charge in [0.15, 0.2) is 0 Å². The predicted octanol–water partition coefficient (Wildman–Crippen LogP) is 2.63. The Bertz CT molecular complexity index is 345. The minimum absolute atomic E-state index is 0.399. The molecule has 2 atom stereocenters. The summed E-state index contributed by atoms with van der Waals surface area (Å²) in [4.78, 5) is 6.07. The molecule has 1 aromatic rings. The molecular formula is C12H20N2OS. The molecule has 0 radical (unpaired) electrons. The second-order valence-corrected chi connectivity index (χ2v) is 5.49. The Hall–Kier alpha value is -0.450. The molecule has 0 aliphatic carbocycles. The van der Waals surface area contributed by atoms with E-state index in [2.05, 4.69) is 19.2 Å². The number of hydrogen-bond donors (Lipinski definition) is 1. The van der Waals surface area contributed by atoms with Crippen LogP contribution < -0.4 is 5.32 Å². The lowest BCUT2D eigenvalue weighted by molar-refractivity contribution is 0.0803. The van der Waals surface area contributed by atoms with E-state index in [4.69, 9.17) is 9.72 Å². The number of nitrogens with zero attached hydrogens (tertiary/aromatic N) is 1. The Kier molecular flexibility index (Phi) is 3.95. The highest BCUT2D eigenvalue weighted by Crippen LogP contribution is 2.33. The zero-order valence-corrected chi connectivity index (χ0v) is 11.1. The van der Waals surface area contributed by atoms with E-state index in [0.29, 0.717) is 12.0 Å². The molecule has 1 fully saturated rings. The summed E-state index contributed by atoms with van der Waals surface area (Å²) in [6.45, 7) is 6.05. The first-order valence-electron chi connectivity index (χ1n) is 5.94. The molecule has 1 saturated heterocycles. The van der Waals surface area contributed by atoms with Crippen LogP contribution in [0.3, 0.4) is 0 Å². The number of aryl methyl sites for hydroxylation is 1. The summed E-state index contributed by atoms with van der Waals surface area (Å²) in [6, 6.07) is 0.399. The molecule has 2 heterocycles. The van der Waals surface area contributed by atoms with Gasteiger partial charge in [-0.05, 0) is 33.7 Å². The van der Waals surface area contributed by atoms with Crippen LogP contribution in [0.15, 0.2) is 0 Å². The van der Waals surface area contributed by atoms with Crippen LogP contribution in [0.4, 0.5) is 0 Å². The molecule has 4 heteroatoms. The normalized spacial score (nSPS) is 23.3. The predicted molar refractivity (Wildman–Crippen MR) is 67.1 cm³/mol. The fourth-order valence-electron chi connectivity index (χ4n) is 2.07. The second-order valence-electron chi connectivity index (χ2n) is 4.43. The van der Waals surface area contributed by atoms with Crippen LogP contribution in [0.1, 0.15) is 47.3 Å². The lowest BCUT2D eigenvalue weighted by Crippen LogP contribution is -2.15. The summed E-state index contributed by atoms with van der Waals surface area (Å²) in [6.07, 6.45) is 2.39. The molecular weight excluding hydrogens is 220 g/mol. The van der Waals surface area contributed by atoms with Crippen molar-refractivity contribution in [2.24, 2.45) is 0 Å². The Labute approximate surface area is 101 Å². The minimum Gasteiger partial charge on any atom is -0.381 e. The zero-order valence-electron chi connectivity index (χ0n) is 10.2. The van der Waals surface area contributed by atoms with Gasteiger partial charge in [0.25, 0.3) is 0 Å². The van der Waals surface area contributed by atoms with Gasteiger partial charge >= 0.3 is 0 Å². The highest BCUT2D eigenvalue weighted by atomic mass is 32.1. The van der Waals surface area contributed by atoms with Crippen LogP contribution in [0.5, 0.6) is 0 Å². The number of hydrogen-bond acceptors (Lipinski definition) is 4. The molecule has 16 heavy (non-hydrogen) atoms. The van der Waals surface area contributed by atoms with Crippen molar-refractivity contribution in [3.8, 4) is 0 Å². The minimum atomic E-state index is 0.399. The quantitative estimate of drug-likeness (QED) is 0.882. The summed E-state index contributed by atoms with van der Waals surface area (Å²) in [7, 11) is 1.99. The van der Waals surface area contributed by atoms with E-state index in [1.165, 1.54) is 28.4 Å². The van der Waals surface area contributed by atoms with E-state index in [9.17, 15) is 0 Å². The highest BCUT2D eigenvalue weighted by Gasteiger charge is 2.22. The third kappa shape index (κ3) is 2.44. The van der Waals surface area contributed by atoms with E-state index in [-0.39, 0.29) is 0 Å². The zero-order chi connectivity index (χ0) is 11.5. The van der Waals surface area contributed by atoms with Gasteiger partial charge < -0.3 is 10.1 Å². The molecule has 0 spiro atoms. The standard InChI is InChI=1S/C12H20N2OS/c1-8(13-3)11-9(2)14-12(16-11)10-5-4-6-15-7-10/h8,10,13H,4-7H2,1-3H3. The smallest absolute Gasteiger partial charge is 0.0985 e. The van der Waals surface area contributed by atoms with Gasteiger partial charge in [-0.3, -0.25) is 0 Å². The summed E-state index contributed by atoms with van der Waals surface area (Å²) in [5.74, 6) is 0.523. The SMILES string of the molecule is CNC(C)c1sc(C2CCCOC2)nc1C. The van der Waals surface area contributed by atoms with Crippen LogP contribution in [0.25, 0.3) is 0 Å². The van der Waals surface area contributed by atoms with Crippen molar-refractivity contribution in [2.75, 3.05) is 20.3 Å². The first-order chi connectivity index (χ1) is 7.72. The lowest BCUT2D eigenvalue weighted by atomic mass is 10.0. The highest BCUT2D eigenvalue weighted by molar-refractivity contribution is 7.11. The molecule has 1 aliphatic rings. The van der Waals surface area contributed by atoms with Crippen molar-refractivity contribution in [3.63, 3.8) is 0 Å². The number of rotatable bonds is 3. The van der Waals surface area contributed by atoms with E-state index < -0.39 is 0 Å². The molecule has 0 saturated carbocycles. The van der Waals surface area contributed by atoms with Gasteiger partial charge in [-0.1, -0.05) is 0 Å². The van der Waals surface area contributed by atoms with Crippen molar-refractivity contribution in [3.05, 3.63) is 15.6 Å². The first kappa shape index (κ1) is 12.0. The van der Waals surface area contributed by atoms with Gasteiger partial charge in [0.1, 0.15) is 0 Å². The molecule has 2 unspecified atom stereocenters. The molecule has 3 nitrogen and oxygen atoms in total. The Morgan fingerprint density at radius 2 is 2.38 bits per heavy atom. The number of aromatic nitrogens is 1. The summed E-state index contributed by atoms with van der Waals surface area (Å²) in [5.41, 5.74) is 1.17. The maximum Gasteiger partial charge on any atom is 0.0985 e. The van der Waals surface area contributed by atoms with Gasteiger partial charge in [0.05, 0.1) is 17.3 Å². The van der Waals surface area contributed by atoms with Crippen LogP contribution >= 0.6 is 11.3 Å². The van der Waals surface area contributed by atoms with Crippen molar-refractivity contribution in [2.45, 2.75) is 38.6 Å². The molecule has 0 aromatic carbocycles. The van der Waals surface area contributed by atoms with Gasteiger partial charge in [-0.2, -0.15) is 0 Å². The first-order valence-corrected chi connectivity index (χ1v) is 6.76. The van der Waals surface area contributed by atoms with E-state index in [0.717, 1.165) is 13.2 Å². The summed E-state index contributed by atoms with van der Waals surface area (Å²) >= 11 is 1.85. The number of ether oxygens (including phenoxy) is 1. The average molecular weight is 240 g/mol. The maximum absolute atomic E-state index is 5.52. The number of thiazole rings is 1. The largest absolute Gasteiger partial charge is 0.381 e. The van der Waals surface area contributed by atoms with Crippen LogP contribution in [-0.4, -0.2) is 25.2 Å². The van der Waals surface area contributed by atoms with Crippen molar-refractivity contribution >= 4 is 11.3 Å². The monoisotopic (exact) mass is 240 g/mol. The lowest BCUT2D eigenvalue weighted by Gasteiger charge is -2.19. The molecule has 1 N–H and O–H groups in total. The molecule has 2 rings (SSSR count). The molecule has 0 amide bonds. The van der Waals surface area contributed by atoms with Gasteiger partial charge in [0, 0.05) is 23.4 Å². The molecule has 0 bridgehead atoms. The third-order valence-corrected chi connectivity index (χ3v) is 4.69. The van der Waals surface area contributed by atoms with Crippen LogP contribution in [0, 0.1) is 6.92 Å². The van der Waals surface area contributed by atoms with E-state index >= 15 is 0 Å². The van der Waals surface area contributed by atoms with Crippen LogP contribution in [0.2, 0.25) is 0 Å². The molecule has 1 aliphatic heterocycles. The van der Waals surface area contributed by atoms with Crippen molar-refractivity contribution < 1.29 is 4.74 Å². The Balaban J connectivity index is 2.16. The van der Waals surface area contributed by atoms with Crippen molar-refractivity contribution in [1.29, 1.82) is 0 Å². The Morgan fingerprint density at radius 3 is 3.00 bits per heavy atom. The average Bonchev–Trinajstić information content (AvgIpc) is 2.71. The number of nitrogens with one attached hydrogen (secondary N) is 1. The topological polar surface area (TPSA) is 34.1 Å². The maximum atomic E-state index is 5.52. The van der Waals surface area contributed by atoms with Crippen LogP contribution in [-0.2, 0) is 4.74 Å². The fourth-order valence-corrected chi connectivity index (χ4v) is 3.32. The fraction of sp³-hybridized carbons (Fsp3) is 0.750. The molecule has 1 aromatic heterocycles. The molecule has 90 valence electrons. The summed E-state index contributed by atoms with van der Waals surface area (Å²) < 4.78 is 5.52. The van der Waals surface area contributed by atoms with Crippen molar-refractivity contribution in [1.82, 2.24) is 10.3 Å². The van der Waals surface area contributed by atoms with E-state index in [1.54, 1.807) is 0 Å².